The summed E-state index contributed by atoms with van der Waals surface area (Å²) in [6, 6.07) is 12.8. The fourth-order valence-corrected chi connectivity index (χ4v) is 3.99. The Balaban J connectivity index is 1.51. The monoisotopic (exact) mass is 281 g/mol. The molecule has 3 nitrogen and oxygen atoms in total. The van der Waals surface area contributed by atoms with Crippen LogP contribution >= 0.6 is 0 Å². The van der Waals surface area contributed by atoms with Gasteiger partial charge in [0, 0.05) is 37.1 Å². The molecule has 21 heavy (non-hydrogen) atoms. The quantitative estimate of drug-likeness (QED) is 0.917. The fourth-order valence-electron chi connectivity index (χ4n) is 3.99. The molecule has 3 heteroatoms. The van der Waals surface area contributed by atoms with Crippen molar-refractivity contribution in [3.63, 3.8) is 0 Å². The highest BCUT2D eigenvalue weighted by Gasteiger charge is 2.37. The van der Waals surface area contributed by atoms with Gasteiger partial charge in [0.2, 0.25) is 0 Å². The second-order valence-electron chi connectivity index (χ2n) is 6.62. The fraction of sp³-hybridized carbons (Fsp3) is 0.500. The van der Waals surface area contributed by atoms with Crippen LogP contribution in [0.5, 0.6) is 0 Å². The van der Waals surface area contributed by atoms with Gasteiger partial charge in [-0.05, 0) is 25.0 Å². The second-order valence-corrected chi connectivity index (χ2v) is 6.62. The maximum absolute atomic E-state index is 4.82. The number of hydrogen-bond donors (Lipinski definition) is 1. The summed E-state index contributed by atoms with van der Waals surface area (Å²) in [5.41, 5.74) is 2.71. The zero-order chi connectivity index (χ0) is 14.1. The molecule has 1 aromatic heterocycles. The average Bonchev–Trinajstić information content (AvgIpc) is 2.95. The Morgan fingerprint density at radius 3 is 2.86 bits per heavy atom. The zero-order valence-electron chi connectivity index (χ0n) is 12.5. The number of pyridine rings is 1. The van der Waals surface area contributed by atoms with E-state index in [1.807, 2.05) is 0 Å². The largest absolute Gasteiger partial charge is 0.309 e. The molecule has 1 aromatic carbocycles. The minimum atomic E-state index is 0.398. The van der Waals surface area contributed by atoms with Gasteiger partial charge < -0.3 is 5.32 Å². The minimum Gasteiger partial charge on any atom is -0.309 e. The van der Waals surface area contributed by atoms with Crippen molar-refractivity contribution in [2.45, 2.75) is 37.8 Å². The van der Waals surface area contributed by atoms with Crippen LogP contribution in [0.1, 0.15) is 31.4 Å². The summed E-state index contributed by atoms with van der Waals surface area (Å²) >= 11 is 0. The molecule has 2 fully saturated rings. The van der Waals surface area contributed by atoms with Crippen LogP contribution in [0.3, 0.4) is 0 Å². The van der Waals surface area contributed by atoms with Gasteiger partial charge in [-0.1, -0.05) is 37.1 Å². The Bertz CT molecular complexity index is 631. The molecule has 110 valence electrons. The lowest BCUT2D eigenvalue weighted by Gasteiger charge is -2.41. The van der Waals surface area contributed by atoms with Crippen LogP contribution in [0.25, 0.3) is 10.9 Å². The van der Waals surface area contributed by atoms with Gasteiger partial charge in [0.15, 0.2) is 0 Å². The highest BCUT2D eigenvalue weighted by atomic mass is 15.2. The molecule has 1 saturated carbocycles. The first-order chi connectivity index (χ1) is 10.3. The molecule has 2 aromatic rings. The van der Waals surface area contributed by atoms with E-state index in [9.17, 15) is 0 Å². The number of fused-ring (bicyclic) bond motifs is 1. The number of benzene rings is 1. The Kier molecular flexibility index (Phi) is 3.40. The van der Waals surface area contributed by atoms with Gasteiger partial charge in [-0.25, -0.2) is 0 Å². The number of piperazine rings is 1. The predicted molar refractivity (Wildman–Crippen MR) is 86.2 cm³/mol. The molecule has 0 atom stereocenters. The first kappa shape index (κ1) is 13.2. The number of nitrogens with one attached hydrogen (secondary N) is 1. The first-order valence-electron chi connectivity index (χ1n) is 8.15. The maximum atomic E-state index is 4.82. The number of aromatic nitrogens is 1. The van der Waals surface area contributed by atoms with Gasteiger partial charge in [0.05, 0.1) is 11.2 Å². The molecular weight excluding hydrogens is 258 g/mol. The molecule has 1 spiro atoms. The van der Waals surface area contributed by atoms with E-state index in [2.05, 4.69) is 46.6 Å². The SMILES string of the molecule is c1ccc2nc(CN3CCNC4(CCCC4)C3)ccc2c1. The standard InChI is InChI=1S/C18H23N3/c1-2-6-17-15(5-1)7-8-16(20-17)13-21-12-11-19-18(14-21)9-3-4-10-18/h1-2,5-8,19H,3-4,9-14H2. The molecule has 0 bridgehead atoms. The summed E-state index contributed by atoms with van der Waals surface area (Å²) < 4.78 is 0. The average molecular weight is 281 g/mol. The van der Waals surface area contributed by atoms with Crippen molar-refractivity contribution in [3.05, 3.63) is 42.1 Å². The van der Waals surface area contributed by atoms with Gasteiger partial charge in [-0.2, -0.15) is 0 Å². The van der Waals surface area contributed by atoms with E-state index in [1.165, 1.54) is 43.3 Å². The molecule has 1 N–H and O–H groups in total. The van der Waals surface area contributed by atoms with E-state index < -0.39 is 0 Å². The Hall–Kier alpha value is -1.45. The molecule has 0 unspecified atom stereocenters. The Morgan fingerprint density at radius 2 is 1.95 bits per heavy atom. The van der Waals surface area contributed by atoms with Crippen molar-refractivity contribution in [2.75, 3.05) is 19.6 Å². The maximum Gasteiger partial charge on any atom is 0.0705 e. The number of para-hydroxylation sites is 1. The summed E-state index contributed by atoms with van der Waals surface area (Å²) in [4.78, 5) is 7.40. The van der Waals surface area contributed by atoms with Gasteiger partial charge in [0.1, 0.15) is 0 Å². The topological polar surface area (TPSA) is 28.2 Å². The van der Waals surface area contributed by atoms with E-state index >= 15 is 0 Å². The molecule has 1 saturated heterocycles. The van der Waals surface area contributed by atoms with Crippen LogP contribution < -0.4 is 5.32 Å². The molecule has 0 radical (unpaired) electrons. The Morgan fingerprint density at radius 1 is 1.10 bits per heavy atom. The van der Waals surface area contributed by atoms with Crippen LogP contribution in [0.2, 0.25) is 0 Å². The Labute approximate surface area is 126 Å². The highest BCUT2D eigenvalue weighted by Crippen LogP contribution is 2.32. The lowest BCUT2D eigenvalue weighted by molar-refractivity contribution is 0.127. The lowest BCUT2D eigenvalue weighted by atomic mass is 9.94. The van der Waals surface area contributed by atoms with Gasteiger partial charge >= 0.3 is 0 Å². The molecule has 0 amide bonds. The van der Waals surface area contributed by atoms with Crippen molar-refractivity contribution < 1.29 is 0 Å². The van der Waals surface area contributed by atoms with Crippen LogP contribution in [-0.4, -0.2) is 35.1 Å². The van der Waals surface area contributed by atoms with Gasteiger partial charge in [0.25, 0.3) is 0 Å². The third-order valence-corrected chi connectivity index (χ3v) is 5.06. The number of nitrogens with zero attached hydrogens (tertiary/aromatic N) is 2. The second kappa shape index (κ2) is 5.39. The van der Waals surface area contributed by atoms with Gasteiger partial charge in [-0.3, -0.25) is 9.88 Å². The summed E-state index contributed by atoms with van der Waals surface area (Å²) in [7, 11) is 0. The molecule has 1 aliphatic carbocycles. The van der Waals surface area contributed by atoms with E-state index in [0.29, 0.717) is 5.54 Å². The van der Waals surface area contributed by atoms with Crippen molar-refractivity contribution in [1.82, 2.24) is 15.2 Å². The molecule has 2 heterocycles. The smallest absolute Gasteiger partial charge is 0.0705 e. The van der Waals surface area contributed by atoms with Crippen molar-refractivity contribution in [2.24, 2.45) is 0 Å². The first-order valence-corrected chi connectivity index (χ1v) is 8.15. The van der Waals surface area contributed by atoms with E-state index in [-0.39, 0.29) is 0 Å². The van der Waals surface area contributed by atoms with E-state index in [4.69, 9.17) is 4.98 Å². The summed E-state index contributed by atoms with van der Waals surface area (Å²) in [5, 5.41) is 5.01. The molecule has 2 aliphatic rings. The van der Waals surface area contributed by atoms with E-state index in [0.717, 1.165) is 25.2 Å². The van der Waals surface area contributed by atoms with Crippen molar-refractivity contribution in [3.8, 4) is 0 Å². The molecular formula is C18H23N3. The lowest BCUT2D eigenvalue weighted by Crippen LogP contribution is -2.58. The summed E-state index contributed by atoms with van der Waals surface area (Å²) in [6.07, 6.45) is 5.45. The summed E-state index contributed by atoms with van der Waals surface area (Å²) in [6.45, 7) is 4.42. The third-order valence-electron chi connectivity index (χ3n) is 5.06. The minimum absolute atomic E-state index is 0.398. The molecule has 1 aliphatic heterocycles. The third kappa shape index (κ3) is 2.68. The van der Waals surface area contributed by atoms with Crippen LogP contribution in [0, 0.1) is 0 Å². The molecule has 4 rings (SSSR count). The van der Waals surface area contributed by atoms with Gasteiger partial charge in [-0.15, -0.1) is 0 Å². The van der Waals surface area contributed by atoms with Crippen LogP contribution in [0.15, 0.2) is 36.4 Å². The summed E-state index contributed by atoms with van der Waals surface area (Å²) in [5.74, 6) is 0. The number of hydrogen-bond acceptors (Lipinski definition) is 3. The van der Waals surface area contributed by atoms with Crippen LogP contribution in [-0.2, 0) is 6.54 Å². The predicted octanol–water partition coefficient (Wildman–Crippen LogP) is 2.95. The zero-order valence-corrected chi connectivity index (χ0v) is 12.5. The van der Waals surface area contributed by atoms with Crippen molar-refractivity contribution >= 4 is 10.9 Å². The van der Waals surface area contributed by atoms with Crippen molar-refractivity contribution in [1.29, 1.82) is 0 Å². The normalized spacial score (nSPS) is 22.1. The van der Waals surface area contributed by atoms with E-state index in [1.54, 1.807) is 0 Å². The highest BCUT2D eigenvalue weighted by molar-refractivity contribution is 5.78. The number of rotatable bonds is 2. The van der Waals surface area contributed by atoms with Crippen LogP contribution in [0.4, 0.5) is 0 Å².